The summed E-state index contributed by atoms with van der Waals surface area (Å²) < 4.78 is 9.72. The fourth-order valence-corrected chi connectivity index (χ4v) is 3.51. The molecule has 0 bridgehead atoms. The van der Waals surface area contributed by atoms with Crippen molar-refractivity contribution < 1.29 is 23.9 Å². The molecular weight excluding hydrogens is 404 g/mol. The van der Waals surface area contributed by atoms with Gasteiger partial charge in [-0.3, -0.25) is 9.59 Å². The molecule has 1 saturated heterocycles. The third-order valence-corrected chi connectivity index (χ3v) is 5.22. The number of amides is 2. The first-order valence-electron chi connectivity index (χ1n) is 9.80. The van der Waals surface area contributed by atoms with Gasteiger partial charge >= 0.3 is 6.16 Å². The van der Waals surface area contributed by atoms with Crippen molar-refractivity contribution in [3.05, 3.63) is 59.7 Å². The number of carbonyl (C=O) groups is 3. The van der Waals surface area contributed by atoms with Crippen LogP contribution in [0.4, 0.5) is 4.79 Å². The largest absolute Gasteiger partial charge is 0.513 e. The molecule has 0 aliphatic carbocycles. The number of carbonyl (C=O) groups excluding carboxylic acids is 3. The summed E-state index contributed by atoms with van der Waals surface area (Å²) in [7, 11) is 0. The quantitative estimate of drug-likeness (QED) is 0.432. The minimum atomic E-state index is -0.777. The van der Waals surface area contributed by atoms with Gasteiger partial charge in [-0.25, -0.2) is 4.79 Å². The summed E-state index contributed by atoms with van der Waals surface area (Å²) in [4.78, 5) is 38.9. The molecule has 1 heterocycles. The van der Waals surface area contributed by atoms with Gasteiger partial charge < -0.3 is 19.7 Å². The number of ether oxygens (including phenoxy) is 2. The van der Waals surface area contributed by atoms with Crippen LogP contribution in [0.3, 0.4) is 0 Å². The molecule has 0 spiro atoms. The minimum Gasteiger partial charge on any atom is -0.434 e. The Balaban J connectivity index is 1.51. The zero-order valence-corrected chi connectivity index (χ0v) is 17.6. The third-order valence-electron chi connectivity index (χ3n) is 4.83. The van der Waals surface area contributed by atoms with Crippen LogP contribution in [-0.4, -0.2) is 48.6 Å². The van der Waals surface area contributed by atoms with Crippen LogP contribution in [0.25, 0.3) is 0 Å². The minimum absolute atomic E-state index is 0.00911. The smallest absolute Gasteiger partial charge is 0.434 e. The van der Waals surface area contributed by atoms with Crippen molar-refractivity contribution >= 4 is 30.6 Å². The standard InChI is InChI=1S/C22H24N2O5S/c1-2-28-22(27)29-17-9-7-15(8-10-17)21(26)24-13-11-16(12-14-24)23-20(25)18-5-3-4-6-19(18)30/h3-10,16,30H,2,11-14H2,1H3,(H,23,25). The predicted octanol–water partition coefficient (Wildman–Crippen LogP) is 3.55. The van der Waals surface area contributed by atoms with E-state index < -0.39 is 6.16 Å². The van der Waals surface area contributed by atoms with Gasteiger partial charge in [-0.05, 0) is 56.2 Å². The molecule has 1 aliphatic rings. The Morgan fingerprint density at radius 2 is 1.73 bits per heavy atom. The molecule has 0 aromatic heterocycles. The Morgan fingerprint density at radius 1 is 1.07 bits per heavy atom. The molecule has 0 unspecified atom stereocenters. The molecule has 7 nitrogen and oxygen atoms in total. The second-order valence-corrected chi connectivity index (χ2v) is 7.35. The Morgan fingerprint density at radius 3 is 2.37 bits per heavy atom. The molecule has 2 amide bonds. The second kappa shape index (κ2) is 10.2. The van der Waals surface area contributed by atoms with Crippen molar-refractivity contribution in [2.75, 3.05) is 19.7 Å². The number of nitrogens with one attached hydrogen (secondary N) is 1. The normalized spacial score (nSPS) is 14.1. The van der Waals surface area contributed by atoms with E-state index in [1.54, 1.807) is 54.3 Å². The van der Waals surface area contributed by atoms with Gasteiger partial charge in [0.15, 0.2) is 0 Å². The molecule has 30 heavy (non-hydrogen) atoms. The summed E-state index contributed by atoms with van der Waals surface area (Å²) in [6.45, 7) is 3.02. The lowest BCUT2D eigenvalue weighted by Gasteiger charge is -2.32. The molecule has 1 N–H and O–H groups in total. The fraction of sp³-hybridized carbons (Fsp3) is 0.318. The van der Waals surface area contributed by atoms with E-state index in [0.29, 0.717) is 47.7 Å². The maximum atomic E-state index is 12.7. The molecule has 2 aromatic carbocycles. The Kier molecular flexibility index (Phi) is 7.35. The van der Waals surface area contributed by atoms with Crippen LogP contribution >= 0.6 is 12.6 Å². The number of hydrogen-bond acceptors (Lipinski definition) is 6. The van der Waals surface area contributed by atoms with Crippen molar-refractivity contribution in [2.24, 2.45) is 0 Å². The highest BCUT2D eigenvalue weighted by Gasteiger charge is 2.25. The molecule has 3 rings (SSSR count). The first-order chi connectivity index (χ1) is 14.5. The van der Waals surface area contributed by atoms with Crippen molar-refractivity contribution in [2.45, 2.75) is 30.7 Å². The van der Waals surface area contributed by atoms with E-state index in [1.165, 1.54) is 0 Å². The maximum Gasteiger partial charge on any atom is 0.513 e. The summed E-state index contributed by atoms with van der Waals surface area (Å²) in [6.07, 6.45) is 0.577. The summed E-state index contributed by atoms with van der Waals surface area (Å²) in [5, 5.41) is 3.03. The molecule has 1 fully saturated rings. The van der Waals surface area contributed by atoms with E-state index in [4.69, 9.17) is 9.47 Å². The van der Waals surface area contributed by atoms with Crippen molar-refractivity contribution in [1.82, 2.24) is 10.2 Å². The molecule has 0 radical (unpaired) electrons. The molecule has 2 aromatic rings. The first-order valence-corrected chi connectivity index (χ1v) is 10.3. The van der Waals surface area contributed by atoms with E-state index in [0.717, 1.165) is 0 Å². The van der Waals surface area contributed by atoms with E-state index in [-0.39, 0.29) is 24.5 Å². The van der Waals surface area contributed by atoms with Crippen LogP contribution in [0.15, 0.2) is 53.4 Å². The number of thiol groups is 1. The van der Waals surface area contributed by atoms with Crippen molar-refractivity contribution in [3.8, 4) is 5.75 Å². The lowest BCUT2D eigenvalue weighted by Crippen LogP contribution is -2.46. The van der Waals surface area contributed by atoms with E-state index >= 15 is 0 Å². The van der Waals surface area contributed by atoms with Crippen molar-refractivity contribution in [3.63, 3.8) is 0 Å². The molecule has 158 valence electrons. The van der Waals surface area contributed by atoms with Gasteiger partial charge in [0.1, 0.15) is 5.75 Å². The van der Waals surface area contributed by atoms with Crippen LogP contribution in [0.5, 0.6) is 5.75 Å². The van der Waals surface area contributed by atoms with Gasteiger partial charge in [-0.1, -0.05) is 12.1 Å². The number of piperidine rings is 1. The zero-order chi connectivity index (χ0) is 21.5. The second-order valence-electron chi connectivity index (χ2n) is 6.87. The van der Waals surface area contributed by atoms with Crippen LogP contribution in [0, 0.1) is 0 Å². The Hall–Kier alpha value is -3.00. The van der Waals surface area contributed by atoms with Gasteiger partial charge in [0.05, 0.1) is 12.2 Å². The van der Waals surface area contributed by atoms with E-state index in [2.05, 4.69) is 17.9 Å². The average Bonchev–Trinajstić information content (AvgIpc) is 2.75. The topological polar surface area (TPSA) is 84.9 Å². The summed E-state index contributed by atoms with van der Waals surface area (Å²) in [6, 6.07) is 13.5. The number of hydrogen-bond donors (Lipinski definition) is 2. The highest BCUT2D eigenvalue weighted by atomic mass is 32.1. The number of likely N-dealkylation sites (tertiary alicyclic amines) is 1. The summed E-state index contributed by atoms with van der Waals surface area (Å²) in [5.74, 6) is 0.0709. The van der Waals surface area contributed by atoms with Gasteiger partial charge in [0.2, 0.25) is 0 Å². The number of nitrogens with zero attached hydrogens (tertiary/aromatic N) is 1. The lowest BCUT2D eigenvalue weighted by atomic mass is 10.0. The summed E-state index contributed by atoms with van der Waals surface area (Å²) in [5.41, 5.74) is 1.06. The van der Waals surface area contributed by atoms with Gasteiger partial charge in [0.25, 0.3) is 11.8 Å². The predicted molar refractivity (Wildman–Crippen MR) is 114 cm³/mol. The SMILES string of the molecule is CCOC(=O)Oc1ccc(C(=O)N2CCC(NC(=O)c3ccccc3S)CC2)cc1. The third kappa shape index (κ3) is 5.54. The first kappa shape index (κ1) is 21.7. The van der Waals surface area contributed by atoms with E-state index in [9.17, 15) is 14.4 Å². The average molecular weight is 429 g/mol. The van der Waals surface area contributed by atoms with Crippen LogP contribution in [0.1, 0.15) is 40.5 Å². The molecular formula is C22H24N2O5S. The van der Waals surface area contributed by atoms with Crippen LogP contribution in [0.2, 0.25) is 0 Å². The van der Waals surface area contributed by atoms with Crippen molar-refractivity contribution in [1.29, 1.82) is 0 Å². The van der Waals surface area contributed by atoms with Gasteiger partial charge in [-0.2, -0.15) is 0 Å². The fourth-order valence-electron chi connectivity index (χ4n) is 3.25. The zero-order valence-electron chi connectivity index (χ0n) is 16.7. The monoisotopic (exact) mass is 428 g/mol. The molecule has 1 aliphatic heterocycles. The lowest BCUT2D eigenvalue weighted by molar-refractivity contribution is 0.0698. The molecule has 8 heteroatoms. The molecule has 0 atom stereocenters. The number of benzene rings is 2. The highest BCUT2D eigenvalue weighted by molar-refractivity contribution is 7.80. The maximum absolute atomic E-state index is 12.7. The van der Waals surface area contributed by atoms with Gasteiger partial charge in [0, 0.05) is 29.6 Å². The Bertz CT molecular complexity index is 908. The molecule has 0 saturated carbocycles. The number of rotatable bonds is 5. The van der Waals surface area contributed by atoms with Crippen LogP contribution in [-0.2, 0) is 4.74 Å². The Labute approximate surface area is 180 Å². The summed E-state index contributed by atoms with van der Waals surface area (Å²) >= 11 is 4.32. The van der Waals surface area contributed by atoms with E-state index in [1.807, 2.05) is 6.07 Å². The van der Waals surface area contributed by atoms with Gasteiger partial charge in [-0.15, -0.1) is 12.6 Å². The van der Waals surface area contributed by atoms with Crippen LogP contribution < -0.4 is 10.1 Å². The highest BCUT2D eigenvalue weighted by Crippen LogP contribution is 2.19.